The fourth-order valence-corrected chi connectivity index (χ4v) is 2.09. The molecule has 1 amide bonds. The van der Waals surface area contributed by atoms with Gasteiger partial charge >= 0.3 is 6.18 Å². The number of piperidine rings is 1. The third kappa shape index (κ3) is 5.68. The van der Waals surface area contributed by atoms with Crippen LogP contribution < -0.4 is 5.32 Å². The van der Waals surface area contributed by atoms with Crippen LogP contribution in [-0.4, -0.2) is 54.9 Å². The van der Waals surface area contributed by atoms with E-state index in [4.69, 9.17) is 5.11 Å². The van der Waals surface area contributed by atoms with Crippen LogP contribution in [0.5, 0.6) is 0 Å². The number of carbonyl (C=O) groups is 1. The van der Waals surface area contributed by atoms with Gasteiger partial charge in [-0.05, 0) is 31.8 Å². The van der Waals surface area contributed by atoms with Gasteiger partial charge < -0.3 is 15.3 Å². The summed E-state index contributed by atoms with van der Waals surface area (Å²) in [4.78, 5) is 12.5. The fourth-order valence-electron chi connectivity index (χ4n) is 2.09. The lowest BCUT2D eigenvalue weighted by atomic mass is 9.94. The minimum Gasteiger partial charge on any atom is -0.395 e. The van der Waals surface area contributed by atoms with E-state index in [1.165, 1.54) is 0 Å². The SMILES string of the molecule is O=C(CC1CCNCC1)N(CCO)CC(F)(F)F. The van der Waals surface area contributed by atoms with E-state index in [1.54, 1.807) is 0 Å². The third-order valence-electron chi connectivity index (χ3n) is 3.01. The molecule has 0 aromatic carbocycles. The molecule has 2 N–H and O–H groups in total. The number of aliphatic hydroxyl groups excluding tert-OH is 1. The van der Waals surface area contributed by atoms with Crippen LogP contribution in [0.1, 0.15) is 19.3 Å². The summed E-state index contributed by atoms with van der Waals surface area (Å²) >= 11 is 0. The first-order valence-corrected chi connectivity index (χ1v) is 6.08. The molecule has 18 heavy (non-hydrogen) atoms. The van der Waals surface area contributed by atoms with Crippen LogP contribution in [0.4, 0.5) is 13.2 Å². The first-order valence-electron chi connectivity index (χ1n) is 6.08. The maximum Gasteiger partial charge on any atom is 0.406 e. The third-order valence-corrected chi connectivity index (χ3v) is 3.01. The standard InChI is InChI=1S/C11H19F3N2O2/c12-11(13,14)8-16(5-6-17)10(18)7-9-1-3-15-4-2-9/h9,15,17H,1-8H2. The van der Waals surface area contributed by atoms with Crippen LogP contribution in [0.15, 0.2) is 0 Å². The van der Waals surface area contributed by atoms with Crippen molar-refractivity contribution in [3.8, 4) is 0 Å². The first kappa shape index (κ1) is 15.2. The number of hydrogen-bond acceptors (Lipinski definition) is 3. The monoisotopic (exact) mass is 268 g/mol. The fraction of sp³-hybridized carbons (Fsp3) is 0.909. The maximum absolute atomic E-state index is 12.3. The van der Waals surface area contributed by atoms with Gasteiger partial charge in [-0.25, -0.2) is 0 Å². The van der Waals surface area contributed by atoms with E-state index in [0.29, 0.717) is 4.90 Å². The number of halogens is 3. The number of hydrogen-bond donors (Lipinski definition) is 2. The zero-order valence-electron chi connectivity index (χ0n) is 10.2. The highest BCUT2D eigenvalue weighted by Crippen LogP contribution is 2.20. The number of carbonyl (C=O) groups excluding carboxylic acids is 1. The number of rotatable bonds is 5. The minimum absolute atomic E-state index is 0.137. The van der Waals surface area contributed by atoms with Crippen molar-refractivity contribution in [2.75, 3.05) is 32.8 Å². The molecule has 0 aromatic heterocycles. The summed E-state index contributed by atoms with van der Waals surface area (Å²) in [5, 5.41) is 11.9. The van der Waals surface area contributed by atoms with Crippen LogP contribution in [0, 0.1) is 5.92 Å². The van der Waals surface area contributed by atoms with Crippen molar-refractivity contribution >= 4 is 5.91 Å². The second-order valence-electron chi connectivity index (χ2n) is 4.55. The molecular formula is C11H19F3N2O2. The molecule has 0 spiro atoms. The molecule has 0 atom stereocenters. The van der Waals surface area contributed by atoms with Gasteiger partial charge in [-0.2, -0.15) is 13.2 Å². The van der Waals surface area contributed by atoms with Crippen molar-refractivity contribution in [2.45, 2.75) is 25.4 Å². The molecule has 4 nitrogen and oxygen atoms in total. The average Bonchev–Trinajstić information content (AvgIpc) is 2.28. The first-order chi connectivity index (χ1) is 8.42. The Morgan fingerprint density at radius 2 is 1.94 bits per heavy atom. The van der Waals surface area contributed by atoms with E-state index >= 15 is 0 Å². The summed E-state index contributed by atoms with van der Waals surface area (Å²) in [7, 11) is 0. The van der Waals surface area contributed by atoms with Crippen molar-refractivity contribution in [1.82, 2.24) is 10.2 Å². The Bertz CT molecular complexity index is 266. The largest absolute Gasteiger partial charge is 0.406 e. The van der Waals surface area contributed by atoms with E-state index in [1.807, 2.05) is 0 Å². The Hall–Kier alpha value is -0.820. The number of aliphatic hydroxyl groups is 1. The molecule has 0 unspecified atom stereocenters. The van der Waals surface area contributed by atoms with Crippen molar-refractivity contribution < 1.29 is 23.1 Å². The average molecular weight is 268 g/mol. The second kappa shape index (κ2) is 6.94. The van der Waals surface area contributed by atoms with Crippen molar-refractivity contribution in [3.05, 3.63) is 0 Å². The Balaban J connectivity index is 2.47. The summed E-state index contributed by atoms with van der Waals surface area (Å²) in [6.45, 7) is -0.386. The highest BCUT2D eigenvalue weighted by Gasteiger charge is 2.33. The number of nitrogens with one attached hydrogen (secondary N) is 1. The molecule has 1 heterocycles. The normalized spacial score (nSPS) is 17.8. The molecule has 0 radical (unpaired) electrons. The molecule has 1 aliphatic heterocycles. The molecular weight excluding hydrogens is 249 g/mol. The Kier molecular flexibility index (Phi) is 5.87. The summed E-state index contributed by atoms with van der Waals surface area (Å²) < 4.78 is 36.8. The van der Waals surface area contributed by atoms with Gasteiger partial charge in [-0.1, -0.05) is 0 Å². The van der Waals surface area contributed by atoms with Crippen LogP contribution in [0.25, 0.3) is 0 Å². The van der Waals surface area contributed by atoms with E-state index in [-0.39, 0.29) is 18.9 Å². The maximum atomic E-state index is 12.3. The molecule has 0 aliphatic carbocycles. The van der Waals surface area contributed by atoms with Crippen LogP contribution in [0.3, 0.4) is 0 Å². The van der Waals surface area contributed by atoms with Crippen LogP contribution in [-0.2, 0) is 4.79 Å². The zero-order valence-corrected chi connectivity index (χ0v) is 10.2. The van der Waals surface area contributed by atoms with Gasteiger partial charge in [-0.15, -0.1) is 0 Å². The molecule has 1 saturated heterocycles. The molecule has 1 fully saturated rings. The Morgan fingerprint density at radius 3 is 2.44 bits per heavy atom. The molecule has 1 rings (SSSR count). The highest BCUT2D eigenvalue weighted by atomic mass is 19.4. The zero-order chi connectivity index (χ0) is 13.6. The van der Waals surface area contributed by atoms with E-state index < -0.39 is 25.2 Å². The summed E-state index contributed by atoms with van der Waals surface area (Å²) in [6.07, 6.45) is -2.66. The van der Waals surface area contributed by atoms with E-state index in [2.05, 4.69) is 5.32 Å². The Morgan fingerprint density at radius 1 is 1.33 bits per heavy atom. The molecule has 0 aromatic rings. The molecule has 1 aliphatic rings. The van der Waals surface area contributed by atoms with Gasteiger partial charge in [0.15, 0.2) is 0 Å². The lowest BCUT2D eigenvalue weighted by Crippen LogP contribution is -2.42. The van der Waals surface area contributed by atoms with Gasteiger partial charge in [0, 0.05) is 13.0 Å². The second-order valence-corrected chi connectivity index (χ2v) is 4.55. The van der Waals surface area contributed by atoms with Gasteiger partial charge in [0.05, 0.1) is 6.61 Å². The van der Waals surface area contributed by atoms with Crippen LogP contribution >= 0.6 is 0 Å². The molecule has 0 saturated carbocycles. The summed E-state index contributed by atoms with van der Waals surface area (Å²) in [5.74, 6) is -0.374. The topological polar surface area (TPSA) is 52.6 Å². The number of nitrogens with zero attached hydrogens (tertiary/aromatic N) is 1. The molecule has 106 valence electrons. The predicted octanol–water partition coefficient (Wildman–Crippen LogP) is 0.759. The van der Waals surface area contributed by atoms with E-state index in [9.17, 15) is 18.0 Å². The van der Waals surface area contributed by atoms with Gasteiger partial charge in [0.25, 0.3) is 0 Å². The van der Waals surface area contributed by atoms with Crippen molar-refractivity contribution in [3.63, 3.8) is 0 Å². The summed E-state index contributed by atoms with van der Waals surface area (Å²) in [5.41, 5.74) is 0. The smallest absolute Gasteiger partial charge is 0.395 e. The Labute approximate surface area is 104 Å². The van der Waals surface area contributed by atoms with E-state index in [0.717, 1.165) is 25.9 Å². The predicted molar refractivity (Wildman–Crippen MR) is 59.9 cm³/mol. The van der Waals surface area contributed by atoms with Crippen molar-refractivity contribution in [2.24, 2.45) is 5.92 Å². The van der Waals surface area contributed by atoms with Gasteiger partial charge in [-0.3, -0.25) is 4.79 Å². The number of amides is 1. The minimum atomic E-state index is -4.42. The van der Waals surface area contributed by atoms with Crippen molar-refractivity contribution in [1.29, 1.82) is 0 Å². The highest BCUT2D eigenvalue weighted by molar-refractivity contribution is 5.76. The van der Waals surface area contributed by atoms with Crippen LogP contribution in [0.2, 0.25) is 0 Å². The van der Waals surface area contributed by atoms with Gasteiger partial charge in [0.1, 0.15) is 6.54 Å². The molecule has 7 heteroatoms. The summed E-state index contributed by atoms with van der Waals surface area (Å²) in [6, 6.07) is 0. The quantitative estimate of drug-likeness (QED) is 0.774. The number of alkyl halides is 3. The van der Waals surface area contributed by atoms with Gasteiger partial charge in [0.2, 0.25) is 5.91 Å². The lowest BCUT2D eigenvalue weighted by molar-refractivity contribution is -0.162. The molecule has 0 bridgehead atoms. The lowest BCUT2D eigenvalue weighted by Gasteiger charge is -2.27.